The van der Waals surface area contributed by atoms with Crippen molar-refractivity contribution in [2.45, 2.75) is 12.8 Å². The number of carbonyl (C=O) groups is 1. The second kappa shape index (κ2) is 6.02. The molecule has 0 amide bonds. The van der Waals surface area contributed by atoms with Crippen molar-refractivity contribution in [1.29, 1.82) is 0 Å². The van der Waals surface area contributed by atoms with E-state index in [4.69, 9.17) is 4.74 Å². The number of rotatable bonds is 4. The van der Waals surface area contributed by atoms with E-state index in [1.54, 1.807) is 7.11 Å². The average Bonchev–Trinajstić information content (AvgIpc) is 2.72. The number of benzene rings is 1. The third kappa shape index (κ3) is 3.44. The van der Waals surface area contributed by atoms with Crippen molar-refractivity contribution in [2.75, 3.05) is 27.7 Å². The number of methoxy groups -OCH3 is 1. The van der Waals surface area contributed by atoms with E-state index < -0.39 is 0 Å². The van der Waals surface area contributed by atoms with Crippen LogP contribution in [0.15, 0.2) is 29.8 Å². The predicted octanol–water partition coefficient (Wildman–Crippen LogP) is 2.62. The van der Waals surface area contributed by atoms with Gasteiger partial charge in [-0.3, -0.25) is 4.79 Å². The molecular weight excluding hydrogens is 238 g/mol. The minimum absolute atomic E-state index is 0.166. The Balaban J connectivity index is 2.09. The van der Waals surface area contributed by atoms with Crippen LogP contribution >= 0.6 is 0 Å². The van der Waals surface area contributed by atoms with Crippen LogP contribution in [-0.2, 0) is 4.79 Å². The molecule has 0 aliphatic heterocycles. The molecule has 1 fully saturated rings. The SMILES string of the molecule is COc1ccc(C=C2CCC(CN(C)C)C2=O)cc1. The van der Waals surface area contributed by atoms with Gasteiger partial charge in [-0.05, 0) is 56.3 Å². The first kappa shape index (κ1) is 13.8. The van der Waals surface area contributed by atoms with E-state index in [1.165, 1.54) is 0 Å². The van der Waals surface area contributed by atoms with E-state index in [9.17, 15) is 4.79 Å². The Hall–Kier alpha value is -1.61. The van der Waals surface area contributed by atoms with Crippen LogP contribution in [0.5, 0.6) is 5.75 Å². The molecule has 1 aromatic rings. The topological polar surface area (TPSA) is 29.5 Å². The van der Waals surface area contributed by atoms with Crippen LogP contribution < -0.4 is 4.74 Å². The second-order valence-corrected chi connectivity index (χ2v) is 5.30. The monoisotopic (exact) mass is 259 g/mol. The summed E-state index contributed by atoms with van der Waals surface area (Å²) < 4.78 is 5.13. The van der Waals surface area contributed by atoms with Crippen LogP contribution in [0.3, 0.4) is 0 Å². The Kier molecular flexibility index (Phi) is 4.38. The van der Waals surface area contributed by atoms with Gasteiger partial charge in [0.05, 0.1) is 7.11 Å². The molecule has 0 aromatic heterocycles. The molecule has 1 aliphatic carbocycles. The molecule has 0 saturated heterocycles. The number of ketones is 1. The van der Waals surface area contributed by atoms with Crippen molar-refractivity contribution in [1.82, 2.24) is 4.90 Å². The van der Waals surface area contributed by atoms with Crippen LogP contribution in [0, 0.1) is 5.92 Å². The lowest BCUT2D eigenvalue weighted by Crippen LogP contribution is -2.24. The molecule has 0 N–H and O–H groups in total. The van der Waals surface area contributed by atoms with Crippen molar-refractivity contribution >= 4 is 11.9 Å². The first-order valence-electron chi connectivity index (χ1n) is 6.63. The van der Waals surface area contributed by atoms with Crippen molar-refractivity contribution in [3.8, 4) is 5.75 Å². The standard InChI is InChI=1S/C16H21NO2/c1-17(2)11-14-7-6-13(16(14)18)10-12-4-8-15(19-3)9-5-12/h4-5,8-10,14H,6-7,11H2,1-3H3. The molecule has 19 heavy (non-hydrogen) atoms. The molecule has 1 unspecified atom stereocenters. The Morgan fingerprint density at radius 1 is 1.32 bits per heavy atom. The fourth-order valence-corrected chi connectivity index (χ4v) is 2.51. The van der Waals surface area contributed by atoms with Gasteiger partial charge in [0.25, 0.3) is 0 Å². The molecule has 0 radical (unpaired) electrons. The van der Waals surface area contributed by atoms with Crippen LogP contribution in [0.1, 0.15) is 18.4 Å². The van der Waals surface area contributed by atoms with Crippen LogP contribution in [0.25, 0.3) is 6.08 Å². The Morgan fingerprint density at radius 2 is 2.00 bits per heavy atom. The highest BCUT2D eigenvalue weighted by molar-refractivity contribution is 6.03. The lowest BCUT2D eigenvalue weighted by atomic mass is 10.0. The average molecular weight is 259 g/mol. The van der Waals surface area contributed by atoms with Gasteiger partial charge >= 0.3 is 0 Å². The molecule has 2 rings (SSSR count). The lowest BCUT2D eigenvalue weighted by Gasteiger charge is -2.13. The third-order valence-corrected chi connectivity index (χ3v) is 3.49. The quantitative estimate of drug-likeness (QED) is 0.778. The lowest BCUT2D eigenvalue weighted by molar-refractivity contribution is -0.118. The molecule has 1 saturated carbocycles. The highest BCUT2D eigenvalue weighted by atomic mass is 16.5. The molecular formula is C16H21NO2. The van der Waals surface area contributed by atoms with Crippen molar-refractivity contribution in [3.05, 3.63) is 35.4 Å². The van der Waals surface area contributed by atoms with Gasteiger partial charge in [0.1, 0.15) is 5.75 Å². The van der Waals surface area contributed by atoms with Crippen LogP contribution in [0.4, 0.5) is 0 Å². The summed E-state index contributed by atoms with van der Waals surface area (Å²) in [6, 6.07) is 7.81. The van der Waals surface area contributed by atoms with E-state index >= 15 is 0 Å². The van der Waals surface area contributed by atoms with E-state index in [2.05, 4.69) is 4.90 Å². The molecule has 3 heteroatoms. The number of allylic oxidation sites excluding steroid dienone is 1. The van der Waals surface area contributed by atoms with Gasteiger partial charge in [0.2, 0.25) is 0 Å². The maximum absolute atomic E-state index is 12.2. The number of hydrogen-bond acceptors (Lipinski definition) is 3. The van der Waals surface area contributed by atoms with Crippen molar-refractivity contribution in [2.24, 2.45) is 5.92 Å². The highest BCUT2D eigenvalue weighted by Crippen LogP contribution is 2.29. The first-order chi connectivity index (χ1) is 9.10. The maximum Gasteiger partial charge on any atom is 0.163 e. The number of ether oxygens (including phenoxy) is 1. The third-order valence-electron chi connectivity index (χ3n) is 3.49. The molecule has 102 valence electrons. The zero-order valence-electron chi connectivity index (χ0n) is 11.8. The molecule has 0 bridgehead atoms. The highest BCUT2D eigenvalue weighted by Gasteiger charge is 2.29. The smallest absolute Gasteiger partial charge is 0.163 e. The molecule has 1 atom stereocenters. The molecule has 0 spiro atoms. The van der Waals surface area contributed by atoms with Gasteiger partial charge < -0.3 is 9.64 Å². The summed E-state index contributed by atoms with van der Waals surface area (Å²) in [5, 5.41) is 0. The minimum atomic E-state index is 0.166. The molecule has 1 aliphatic rings. The zero-order chi connectivity index (χ0) is 13.8. The number of Topliss-reactive ketones (excluding diaryl/α,β-unsaturated/α-hetero) is 1. The van der Waals surface area contributed by atoms with E-state index in [0.29, 0.717) is 5.78 Å². The maximum atomic E-state index is 12.2. The zero-order valence-corrected chi connectivity index (χ0v) is 11.8. The summed E-state index contributed by atoms with van der Waals surface area (Å²) in [4.78, 5) is 14.3. The van der Waals surface area contributed by atoms with Gasteiger partial charge in [-0.15, -0.1) is 0 Å². The van der Waals surface area contributed by atoms with Gasteiger partial charge in [0, 0.05) is 12.5 Å². The fourth-order valence-electron chi connectivity index (χ4n) is 2.51. The molecule has 1 aromatic carbocycles. The Bertz CT molecular complexity index is 474. The summed E-state index contributed by atoms with van der Waals surface area (Å²) in [5.74, 6) is 1.31. The Morgan fingerprint density at radius 3 is 2.58 bits per heavy atom. The first-order valence-corrected chi connectivity index (χ1v) is 6.63. The number of nitrogens with zero attached hydrogens (tertiary/aromatic N) is 1. The summed E-state index contributed by atoms with van der Waals surface area (Å²) >= 11 is 0. The number of hydrogen-bond donors (Lipinski definition) is 0. The summed E-state index contributed by atoms with van der Waals surface area (Å²) in [5.41, 5.74) is 2.02. The van der Waals surface area contributed by atoms with E-state index in [-0.39, 0.29) is 5.92 Å². The largest absolute Gasteiger partial charge is 0.497 e. The number of carbonyl (C=O) groups excluding carboxylic acids is 1. The summed E-state index contributed by atoms with van der Waals surface area (Å²) in [7, 11) is 5.68. The molecule has 3 nitrogen and oxygen atoms in total. The summed E-state index contributed by atoms with van der Waals surface area (Å²) in [6.07, 6.45) is 3.87. The van der Waals surface area contributed by atoms with Gasteiger partial charge in [-0.1, -0.05) is 12.1 Å². The fraction of sp³-hybridized carbons (Fsp3) is 0.438. The van der Waals surface area contributed by atoms with Crippen molar-refractivity contribution in [3.63, 3.8) is 0 Å². The second-order valence-electron chi connectivity index (χ2n) is 5.30. The van der Waals surface area contributed by atoms with E-state index in [0.717, 1.165) is 36.3 Å². The minimum Gasteiger partial charge on any atom is -0.497 e. The van der Waals surface area contributed by atoms with Gasteiger partial charge in [-0.2, -0.15) is 0 Å². The normalized spacial score (nSPS) is 21.4. The van der Waals surface area contributed by atoms with Crippen LogP contribution in [0.2, 0.25) is 0 Å². The van der Waals surface area contributed by atoms with Crippen molar-refractivity contribution < 1.29 is 9.53 Å². The van der Waals surface area contributed by atoms with E-state index in [1.807, 2.05) is 44.4 Å². The van der Waals surface area contributed by atoms with Gasteiger partial charge in [-0.25, -0.2) is 0 Å². The molecule has 0 heterocycles. The van der Waals surface area contributed by atoms with Crippen LogP contribution in [-0.4, -0.2) is 38.4 Å². The summed E-state index contributed by atoms with van der Waals surface area (Å²) in [6.45, 7) is 0.846. The van der Waals surface area contributed by atoms with Gasteiger partial charge in [0.15, 0.2) is 5.78 Å². The Labute approximate surface area is 114 Å². The predicted molar refractivity (Wildman–Crippen MR) is 77.3 cm³/mol.